The second-order valence-corrected chi connectivity index (χ2v) is 19.8. The van der Waals surface area contributed by atoms with Gasteiger partial charge in [-0.15, -0.1) is 11.3 Å². The number of hydrogen-bond acceptors (Lipinski definition) is 6. The fourth-order valence-electron chi connectivity index (χ4n) is 11.5. The molecule has 5 nitrogen and oxygen atoms in total. The van der Waals surface area contributed by atoms with Crippen molar-refractivity contribution in [3.8, 4) is 67.9 Å². The van der Waals surface area contributed by atoms with Crippen LogP contribution in [0.5, 0.6) is 0 Å². The van der Waals surface area contributed by atoms with Crippen LogP contribution in [-0.4, -0.2) is 24.9 Å². The Hall–Kier alpha value is -8.45. The van der Waals surface area contributed by atoms with Gasteiger partial charge in [-0.1, -0.05) is 208 Å². The molecule has 0 atom stereocenters. The van der Waals surface area contributed by atoms with Gasteiger partial charge >= 0.3 is 0 Å². The molecule has 0 aliphatic heterocycles. The van der Waals surface area contributed by atoms with Crippen molar-refractivity contribution in [3.05, 3.63) is 246 Å². The van der Waals surface area contributed by atoms with Crippen molar-refractivity contribution in [2.45, 2.75) is 24.7 Å². The van der Waals surface area contributed by atoms with Crippen LogP contribution >= 0.6 is 11.3 Å². The predicted octanol–water partition coefficient (Wildman–Crippen LogP) is 15.5. The van der Waals surface area contributed by atoms with E-state index in [4.69, 9.17) is 24.9 Å². The highest BCUT2D eigenvalue weighted by atomic mass is 32.1. The Bertz CT molecular complexity index is 3960. The van der Waals surface area contributed by atoms with Crippen molar-refractivity contribution in [1.29, 1.82) is 0 Å². The van der Waals surface area contributed by atoms with E-state index in [1.54, 1.807) is 11.3 Å². The molecule has 0 radical (unpaired) electrons. The van der Waals surface area contributed by atoms with E-state index in [1.165, 1.54) is 48.9 Å². The molecule has 0 amide bonds. The Morgan fingerprint density at radius 3 is 1.64 bits per heavy atom. The number of benzene rings is 9. The third-order valence-electron chi connectivity index (χ3n) is 14.6. The highest BCUT2D eigenvalue weighted by Crippen LogP contribution is 2.63. The number of thiophene rings is 1. The van der Waals surface area contributed by atoms with Crippen molar-refractivity contribution >= 4 is 42.4 Å². The van der Waals surface area contributed by atoms with Gasteiger partial charge in [0.1, 0.15) is 0 Å². The van der Waals surface area contributed by atoms with Crippen LogP contribution in [0.15, 0.2) is 212 Å². The van der Waals surface area contributed by atoms with Crippen LogP contribution in [0.2, 0.25) is 0 Å². The Labute approximate surface area is 403 Å². The third-order valence-corrected chi connectivity index (χ3v) is 15.8. The van der Waals surface area contributed by atoms with Crippen molar-refractivity contribution in [1.82, 2.24) is 24.9 Å². The third kappa shape index (κ3) is 5.85. The standard InChI is InChI=1S/C63H41N5S/c1-62(2)48-26-12-14-28-50(48)63(51-29-15-13-27-49(51)62)47-35-34-43(60-64-55(42-33-32-38-18-9-10-23-41(38)36-42)57-56(65-60)44-24-11-16-31-53(44)69-57)37-46(47)54-45(25-17-30-52(54)63)61-67-58(39-19-5-3-6-20-39)66-59(68-61)40-21-7-4-8-22-40/h3-37H,1-2H3. The minimum Gasteiger partial charge on any atom is -0.226 e. The maximum Gasteiger partial charge on any atom is 0.164 e. The van der Waals surface area contributed by atoms with E-state index in [-0.39, 0.29) is 5.41 Å². The van der Waals surface area contributed by atoms with E-state index in [0.29, 0.717) is 23.3 Å². The van der Waals surface area contributed by atoms with Crippen molar-refractivity contribution in [3.63, 3.8) is 0 Å². The minimum atomic E-state index is -0.649. The lowest BCUT2D eigenvalue weighted by molar-refractivity contribution is 0.563. The molecule has 2 aliphatic carbocycles. The van der Waals surface area contributed by atoms with Gasteiger partial charge in [0.2, 0.25) is 0 Å². The predicted molar refractivity (Wildman–Crippen MR) is 282 cm³/mol. The lowest BCUT2D eigenvalue weighted by Crippen LogP contribution is -2.40. The van der Waals surface area contributed by atoms with E-state index in [2.05, 4.69) is 190 Å². The zero-order valence-corrected chi connectivity index (χ0v) is 38.7. The highest BCUT2D eigenvalue weighted by Gasteiger charge is 2.54. The van der Waals surface area contributed by atoms with Gasteiger partial charge in [-0.25, -0.2) is 24.9 Å². The fraction of sp³-hybridized carbons (Fsp3) is 0.0635. The van der Waals surface area contributed by atoms with E-state index < -0.39 is 5.41 Å². The van der Waals surface area contributed by atoms with E-state index >= 15 is 0 Å². The first kappa shape index (κ1) is 39.7. The second kappa shape index (κ2) is 15.0. The van der Waals surface area contributed by atoms with Gasteiger partial charge in [0, 0.05) is 43.3 Å². The SMILES string of the molecule is CC1(C)c2ccccc2C2(c3ccc(-c4nc(-c5ccc6ccccc6c5)c5sc6ccccc6c5n4)cc3-c3c(-c4nc(-c5ccccc5)nc(-c5ccccc5)n4)cccc32)c2ccccc21. The molecule has 2 aliphatic rings. The zero-order valence-electron chi connectivity index (χ0n) is 37.9. The molecular formula is C63H41N5S. The van der Waals surface area contributed by atoms with E-state index in [1.807, 2.05) is 36.4 Å². The zero-order chi connectivity index (χ0) is 45.8. The van der Waals surface area contributed by atoms with Crippen LogP contribution in [0.25, 0.3) is 99.0 Å². The number of rotatable bonds is 5. The summed E-state index contributed by atoms with van der Waals surface area (Å²) in [5, 5.41) is 3.51. The Balaban J connectivity index is 1.07. The molecule has 1 spiro atoms. The van der Waals surface area contributed by atoms with Crippen LogP contribution in [0.4, 0.5) is 0 Å². The van der Waals surface area contributed by atoms with E-state index in [0.717, 1.165) is 60.2 Å². The molecule has 0 saturated heterocycles. The van der Waals surface area contributed by atoms with Crippen LogP contribution in [-0.2, 0) is 10.8 Å². The lowest BCUT2D eigenvalue weighted by Gasteiger charge is -2.46. The normalized spacial score (nSPS) is 13.9. The van der Waals surface area contributed by atoms with Crippen LogP contribution < -0.4 is 0 Å². The molecular weight excluding hydrogens is 859 g/mol. The molecule has 6 heteroatoms. The Kier molecular flexibility index (Phi) is 8.65. The molecule has 69 heavy (non-hydrogen) atoms. The summed E-state index contributed by atoms with van der Waals surface area (Å²) in [5.74, 6) is 2.55. The first-order chi connectivity index (χ1) is 33.9. The molecule has 12 aromatic rings. The summed E-state index contributed by atoms with van der Waals surface area (Å²) in [7, 11) is 0. The molecule has 0 N–H and O–H groups in total. The van der Waals surface area contributed by atoms with Gasteiger partial charge in [-0.2, -0.15) is 0 Å². The Morgan fingerprint density at radius 2 is 0.928 bits per heavy atom. The van der Waals surface area contributed by atoms with Crippen LogP contribution in [0, 0.1) is 0 Å². The van der Waals surface area contributed by atoms with Gasteiger partial charge in [-0.3, -0.25) is 0 Å². The summed E-state index contributed by atoms with van der Waals surface area (Å²) in [5.41, 5.74) is 15.6. The van der Waals surface area contributed by atoms with Gasteiger partial charge in [0.25, 0.3) is 0 Å². The summed E-state index contributed by atoms with van der Waals surface area (Å²) < 4.78 is 2.27. The van der Waals surface area contributed by atoms with Crippen LogP contribution in [0.3, 0.4) is 0 Å². The first-order valence-corrected chi connectivity index (χ1v) is 24.3. The quantitative estimate of drug-likeness (QED) is 0.172. The fourth-order valence-corrected chi connectivity index (χ4v) is 12.6. The summed E-state index contributed by atoms with van der Waals surface area (Å²) in [6.45, 7) is 4.73. The topological polar surface area (TPSA) is 64.5 Å². The van der Waals surface area contributed by atoms with Gasteiger partial charge in [0.15, 0.2) is 23.3 Å². The monoisotopic (exact) mass is 899 g/mol. The van der Waals surface area contributed by atoms with E-state index in [9.17, 15) is 0 Å². The molecule has 3 heterocycles. The molecule has 3 aromatic heterocycles. The average molecular weight is 900 g/mol. The number of hydrogen-bond donors (Lipinski definition) is 0. The molecule has 14 rings (SSSR count). The van der Waals surface area contributed by atoms with Gasteiger partial charge in [-0.05, 0) is 73.5 Å². The summed E-state index contributed by atoms with van der Waals surface area (Å²) in [4.78, 5) is 26.9. The maximum atomic E-state index is 5.56. The summed E-state index contributed by atoms with van der Waals surface area (Å²) in [6, 6.07) is 76.0. The highest BCUT2D eigenvalue weighted by molar-refractivity contribution is 7.26. The first-order valence-electron chi connectivity index (χ1n) is 23.5. The van der Waals surface area contributed by atoms with Crippen molar-refractivity contribution in [2.24, 2.45) is 0 Å². The molecule has 324 valence electrons. The van der Waals surface area contributed by atoms with Gasteiger partial charge in [0.05, 0.1) is 21.3 Å². The van der Waals surface area contributed by atoms with Crippen molar-refractivity contribution in [2.75, 3.05) is 0 Å². The lowest BCUT2D eigenvalue weighted by atomic mass is 9.55. The maximum absolute atomic E-state index is 5.56. The number of fused-ring (bicyclic) bond motifs is 13. The molecule has 9 aromatic carbocycles. The molecule has 0 unspecified atom stereocenters. The Morgan fingerprint density at radius 1 is 0.362 bits per heavy atom. The number of aromatic nitrogens is 5. The van der Waals surface area contributed by atoms with Crippen molar-refractivity contribution < 1.29 is 0 Å². The summed E-state index contributed by atoms with van der Waals surface area (Å²) in [6.07, 6.45) is 0. The molecule has 0 saturated carbocycles. The average Bonchev–Trinajstić information content (AvgIpc) is 3.94. The minimum absolute atomic E-state index is 0.242. The largest absolute Gasteiger partial charge is 0.226 e. The van der Waals surface area contributed by atoms with Crippen LogP contribution in [0.1, 0.15) is 47.2 Å². The molecule has 0 bridgehead atoms. The smallest absolute Gasteiger partial charge is 0.164 e. The second-order valence-electron chi connectivity index (χ2n) is 18.7. The molecule has 0 fully saturated rings. The van der Waals surface area contributed by atoms with Gasteiger partial charge < -0.3 is 0 Å². The number of nitrogens with zero attached hydrogens (tertiary/aromatic N) is 5. The summed E-state index contributed by atoms with van der Waals surface area (Å²) >= 11 is 1.76.